The molecule has 2 unspecified atom stereocenters. The number of hydrogen-bond donors (Lipinski definition) is 1. The predicted octanol–water partition coefficient (Wildman–Crippen LogP) is 4.13. The maximum absolute atomic E-state index is 6.15. The lowest BCUT2D eigenvalue weighted by molar-refractivity contribution is 0.0847. The second-order valence-corrected chi connectivity index (χ2v) is 6.79. The molecule has 0 aliphatic carbocycles. The molecular formula is C18H29ClN2. The van der Waals surface area contributed by atoms with Crippen LogP contribution in [0.2, 0.25) is 5.02 Å². The Labute approximate surface area is 134 Å². The highest BCUT2D eigenvalue weighted by Crippen LogP contribution is 2.30. The minimum atomic E-state index is 0.217. The Hall–Kier alpha value is -0.570. The first kappa shape index (κ1) is 16.8. The molecule has 2 rings (SSSR count). The van der Waals surface area contributed by atoms with Crippen molar-refractivity contribution in [3.63, 3.8) is 0 Å². The number of benzene rings is 1. The molecule has 1 aliphatic rings. The fraction of sp³-hybridized carbons (Fsp3) is 0.667. The molecule has 1 heterocycles. The van der Waals surface area contributed by atoms with Crippen molar-refractivity contribution in [1.29, 1.82) is 0 Å². The van der Waals surface area contributed by atoms with Crippen LogP contribution in [0.3, 0.4) is 0 Å². The summed E-state index contributed by atoms with van der Waals surface area (Å²) in [7, 11) is 0. The maximum Gasteiger partial charge on any atom is 0.0408 e. The molecule has 0 amide bonds. The van der Waals surface area contributed by atoms with Gasteiger partial charge in [0.2, 0.25) is 0 Å². The van der Waals surface area contributed by atoms with E-state index in [9.17, 15) is 0 Å². The zero-order valence-electron chi connectivity index (χ0n) is 13.7. The molecule has 1 aromatic carbocycles. The molecule has 2 nitrogen and oxygen atoms in total. The largest absolute Gasteiger partial charge is 0.312 e. The zero-order chi connectivity index (χ0) is 15.3. The maximum atomic E-state index is 6.15. The van der Waals surface area contributed by atoms with Gasteiger partial charge in [-0.2, -0.15) is 0 Å². The molecule has 2 atom stereocenters. The van der Waals surface area contributed by atoms with Crippen LogP contribution >= 0.6 is 11.6 Å². The number of halogens is 1. The summed E-state index contributed by atoms with van der Waals surface area (Å²) in [6.45, 7) is 10.4. The van der Waals surface area contributed by atoms with Crippen LogP contribution in [-0.2, 0) is 6.42 Å². The van der Waals surface area contributed by atoms with Gasteiger partial charge < -0.3 is 5.32 Å². The lowest BCUT2D eigenvalue weighted by atomic mass is 9.83. The van der Waals surface area contributed by atoms with E-state index in [0.29, 0.717) is 6.04 Å². The van der Waals surface area contributed by atoms with E-state index in [1.165, 1.54) is 37.9 Å². The van der Waals surface area contributed by atoms with Gasteiger partial charge in [0, 0.05) is 16.6 Å². The SMILES string of the molecule is CCNC(Cc1cccc(Cl)c1)C(C)(CC)N1CCCC1. The van der Waals surface area contributed by atoms with Crippen LogP contribution < -0.4 is 5.32 Å². The Morgan fingerprint density at radius 3 is 2.57 bits per heavy atom. The molecule has 1 aromatic rings. The molecular weight excluding hydrogens is 280 g/mol. The van der Waals surface area contributed by atoms with Gasteiger partial charge in [-0.1, -0.05) is 37.6 Å². The van der Waals surface area contributed by atoms with Crippen molar-refractivity contribution >= 4 is 11.6 Å². The molecule has 1 aliphatic heterocycles. The standard InChI is InChI=1S/C18H29ClN2/c1-4-18(3,21-11-6-7-12-21)17(20-5-2)14-15-9-8-10-16(19)13-15/h8-10,13,17,20H,4-7,11-12,14H2,1-3H3. The number of nitrogens with one attached hydrogen (secondary N) is 1. The van der Waals surface area contributed by atoms with E-state index < -0.39 is 0 Å². The van der Waals surface area contributed by atoms with E-state index in [-0.39, 0.29) is 5.54 Å². The van der Waals surface area contributed by atoms with Crippen LogP contribution in [0.25, 0.3) is 0 Å². The molecule has 0 saturated carbocycles. The van der Waals surface area contributed by atoms with E-state index in [1.54, 1.807) is 0 Å². The van der Waals surface area contributed by atoms with Crippen LogP contribution in [0.5, 0.6) is 0 Å². The van der Waals surface area contributed by atoms with Gasteiger partial charge >= 0.3 is 0 Å². The quantitative estimate of drug-likeness (QED) is 0.815. The molecule has 21 heavy (non-hydrogen) atoms. The number of hydrogen-bond acceptors (Lipinski definition) is 2. The number of nitrogens with zero attached hydrogens (tertiary/aromatic N) is 1. The minimum absolute atomic E-state index is 0.217. The van der Waals surface area contributed by atoms with E-state index in [0.717, 1.165) is 18.0 Å². The highest BCUT2D eigenvalue weighted by atomic mass is 35.5. The number of likely N-dealkylation sites (tertiary alicyclic amines) is 1. The van der Waals surface area contributed by atoms with Crippen LogP contribution in [0.4, 0.5) is 0 Å². The number of likely N-dealkylation sites (N-methyl/N-ethyl adjacent to an activating group) is 1. The third-order valence-corrected chi connectivity index (χ3v) is 5.31. The van der Waals surface area contributed by atoms with Crippen molar-refractivity contribution in [2.75, 3.05) is 19.6 Å². The van der Waals surface area contributed by atoms with E-state index in [2.05, 4.69) is 49.2 Å². The Morgan fingerprint density at radius 1 is 1.29 bits per heavy atom. The summed E-state index contributed by atoms with van der Waals surface area (Å²) in [5.41, 5.74) is 1.54. The van der Waals surface area contributed by atoms with Crippen molar-refractivity contribution in [2.24, 2.45) is 0 Å². The van der Waals surface area contributed by atoms with Crippen LogP contribution in [0.1, 0.15) is 45.6 Å². The first-order valence-corrected chi connectivity index (χ1v) is 8.70. The van der Waals surface area contributed by atoms with Gasteiger partial charge in [-0.25, -0.2) is 0 Å². The van der Waals surface area contributed by atoms with Gasteiger partial charge in [0.15, 0.2) is 0 Å². The fourth-order valence-corrected chi connectivity index (χ4v) is 3.79. The summed E-state index contributed by atoms with van der Waals surface area (Å²) >= 11 is 6.15. The molecule has 118 valence electrons. The highest BCUT2D eigenvalue weighted by molar-refractivity contribution is 6.30. The Kier molecular flexibility index (Phi) is 6.09. The van der Waals surface area contributed by atoms with Crippen molar-refractivity contribution in [3.8, 4) is 0 Å². The van der Waals surface area contributed by atoms with Gasteiger partial charge in [-0.05, 0) is 69.9 Å². The third kappa shape index (κ3) is 4.00. The Morgan fingerprint density at radius 2 is 2.00 bits per heavy atom. The van der Waals surface area contributed by atoms with E-state index in [1.807, 2.05) is 6.07 Å². The summed E-state index contributed by atoms with van der Waals surface area (Å²) in [4.78, 5) is 2.69. The second kappa shape index (κ2) is 7.62. The van der Waals surface area contributed by atoms with Gasteiger partial charge in [-0.15, -0.1) is 0 Å². The molecule has 1 fully saturated rings. The normalized spacial score (nSPS) is 20.4. The van der Waals surface area contributed by atoms with Crippen molar-refractivity contribution in [3.05, 3.63) is 34.9 Å². The van der Waals surface area contributed by atoms with Gasteiger partial charge in [0.05, 0.1) is 0 Å². The summed E-state index contributed by atoms with van der Waals surface area (Å²) < 4.78 is 0. The highest BCUT2D eigenvalue weighted by Gasteiger charge is 2.38. The molecule has 0 spiro atoms. The summed E-state index contributed by atoms with van der Waals surface area (Å²) in [6.07, 6.45) is 4.89. The number of rotatable bonds is 7. The molecule has 3 heteroatoms. The van der Waals surface area contributed by atoms with Crippen molar-refractivity contribution < 1.29 is 0 Å². The van der Waals surface area contributed by atoms with Crippen LogP contribution in [0.15, 0.2) is 24.3 Å². The lowest BCUT2D eigenvalue weighted by Crippen LogP contribution is -2.59. The topological polar surface area (TPSA) is 15.3 Å². The summed E-state index contributed by atoms with van der Waals surface area (Å²) in [6, 6.07) is 8.76. The first-order chi connectivity index (χ1) is 10.1. The van der Waals surface area contributed by atoms with Gasteiger partial charge in [-0.3, -0.25) is 4.90 Å². The average molecular weight is 309 g/mol. The third-order valence-electron chi connectivity index (χ3n) is 5.07. The minimum Gasteiger partial charge on any atom is -0.312 e. The van der Waals surface area contributed by atoms with Crippen molar-refractivity contribution in [2.45, 2.75) is 58.0 Å². The Balaban J connectivity index is 2.19. The molecule has 0 bridgehead atoms. The molecule has 1 N–H and O–H groups in total. The fourth-order valence-electron chi connectivity index (χ4n) is 3.58. The molecule has 0 aromatic heterocycles. The van der Waals surface area contributed by atoms with Crippen LogP contribution in [0, 0.1) is 0 Å². The molecule has 0 radical (unpaired) electrons. The molecule has 1 saturated heterocycles. The van der Waals surface area contributed by atoms with Crippen LogP contribution in [-0.4, -0.2) is 36.1 Å². The van der Waals surface area contributed by atoms with E-state index in [4.69, 9.17) is 11.6 Å². The summed E-state index contributed by atoms with van der Waals surface area (Å²) in [5.74, 6) is 0. The smallest absolute Gasteiger partial charge is 0.0408 e. The second-order valence-electron chi connectivity index (χ2n) is 6.35. The Bertz CT molecular complexity index is 443. The zero-order valence-corrected chi connectivity index (χ0v) is 14.4. The summed E-state index contributed by atoms with van der Waals surface area (Å²) in [5, 5.41) is 4.57. The average Bonchev–Trinajstić information content (AvgIpc) is 3.01. The van der Waals surface area contributed by atoms with Gasteiger partial charge in [0.1, 0.15) is 0 Å². The monoisotopic (exact) mass is 308 g/mol. The van der Waals surface area contributed by atoms with Gasteiger partial charge in [0.25, 0.3) is 0 Å². The first-order valence-electron chi connectivity index (χ1n) is 8.33. The predicted molar refractivity (Wildman–Crippen MR) is 92.1 cm³/mol. The lowest BCUT2D eigenvalue weighted by Gasteiger charge is -2.45. The van der Waals surface area contributed by atoms with Crippen molar-refractivity contribution in [1.82, 2.24) is 10.2 Å². The van der Waals surface area contributed by atoms with E-state index >= 15 is 0 Å².